The topological polar surface area (TPSA) is 12.0 Å². The van der Waals surface area contributed by atoms with Crippen molar-refractivity contribution in [3.63, 3.8) is 0 Å². The molecule has 1 heteroatoms. The van der Waals surface area contributed by atoms with E-state index in [1.54, 1.807) is 0 Å². The van der Waals surface area contributed by atoms with E-state index in [0.717, 1.165) is 6.54 Å². The summed E-state index contributed by atoms with van der Waals surface area (Å²) in [6.07, 6.45) is 8.43. The lowest BCUT2D eigenvalue weighted by molar-refractivity contribution is 0.523. The van der Waals surface area contributed by atoms with Crippen molar-refractivity contribution in [3.8, 4) is 0 Å². The van der Waals surface area contributed by atoms with Crippen LogP contribution in [0, 0.1) is 0 Å². The highest BCUT2D eigenvalue weighted by Gasteiger charge is 2.08. The highest BCUT2D eigenvalue weighted by atomic mass is 14.9. The zero-order chi connectivity index (χ0) is 12.2. The normalized spacial score (nSPS) is 19.2. The van der Waals surface area contributed by atoms with E-state index in [9.17, 15) is 0 Å². The zero-order valence-corrected chi connectivity index (χ0v) is 10.6. The van der Waals surface area contributed by atoms with Crippen molar-refractivity contribution in [1.29, 1.82) is 0 Å². The molecule has 1 unspecified atom stereocenters. The molecule has 0 saturated heterocycles. The largest absolute Gasteiger partial charge is 0.306 e. The van der Waals surface area contributed by atoms with Crippen LogP contribution in [-0.2, 0) is 6.54 Å². The summed E-state index contributed by atoms with van der Waals surface area (Å²) in [6.45, 7) is 0.955. The maximum absolute atomic E-state index is 3.64. The molecule has 0 bridgehead atoms. The van der Waals surface area contributed by atoms with Crippen LogP contribution in [0.4, 0.5) is 0 Å². The Labute approximate surface area is 109 Å². The maximum atomic E-state index is 3.64. The third kappa shape index (κ3) is 2.46. The summed E-state index contributed by atoms with van der Waals surface area (Å²) in [5, 5.41) is 6.34. The average molecular weight is 237 g/mol. The van der Waals surface area contributed by atoms with Crippen molar-refractivity contribution < 1.29 is 0 Å². The summed E-state index contributed by atoms with van der Waals surface area (Å²) in [5.74, 6) is 0. The van der Waals surface area contributed by atoms with Crippen molar-refractivity contribution in [3.05, 3.63) is 60.2 Å². The lowest BCUT2D eigenvalue weighted by Crippen LogP contribution is -2.27. The molecule has 0 aliphatic heterocycles. The summed E-state index contributed by atoms with van der Waals surface area (Å²) in [7, 11) is 0. The van der Waals surface area contributed by atoms with Gasteiger partial charge >= 0.3 is 0 Å². The Morgan fingerprint density at radius 3 is 2.83 bits per heavy atom. The van der Waals surface area contributed by atoms with Gasteiger partial charge in [-0.25, -0.2) is 0 Å². The SMILES string of the molecule is C1=CC(NCc2cccc3ccccc23)CCC1. The Balaban J connectivity index is 1.78. The molecule has 2 aromatic rings. The van der Waals surface area contributed by atoms with Gasteiger partial charge < -0.3 is 5.32 Å². The van der Waals surface area contributed by atoms with E-state index >= 15 is 0 Å². The molecule has 0 amide bonds. The number of rotatable bonds is 3. The van der Waals surface area contributed by atoms with Gasteiger partial charge in [0, 0.05) is 12.6 Å². The van der Waals surface area contributed by atoms with Crippen molar-refractivity contribution in [2.24, 2.45) is 0 Å². The standard InChI is InChI=1S/C17H19N/c1-2-10-16(11-3-1)18-13-15-9-6-8-14-7-4-5-12-17(14)15/h2,4-10,12,16,18H,1,3,11,13H2. The van der Waals surface area contributed by atoms with Crippen molar-refractivity contribution in [2.75, 3.05) is 0 Å². The van der Waals surface area contributed by atoms with Crippen LogP contribution in [0.2, 0.25) is 0 Å². The van der Waals surface area contributed by atoms with Crippen LogP contribution < -0.4 is 5.32 Å². The van der Waals surface area contributed by atoms with Crippen LogP contribution in [0.5, 0.6) is 0 Å². The minimum atomic E-state index is 0.553. The minimum absolute atomic E-state index is 0.553. The molecule has 0 fully saturated rings. The van der Waals surface area contributed by atoms with Gasteiger partial charge in [-0.05, 0) is 35.6 Å². The first kappa shape index (κ1) is 11.5. The molecule has 1 N–H and O–H groups in total. The molecule has 0 aromatic heterocycles. The number of hydrogen-bond donors (Lipinski definition) is 1. The monoisotopic (exact) mass is 237 g/mol. The predicted octanol–water partition coefficient (Wildman–Crippen LogP) is 4.04. The summed E-state index contributed by atoms with van der Waals surface area (Å²) in [6, 6.07) is 15.7. The van der Waals surface area contributed by atoms with Crippen molar-refractivity contribution >= 4 is 10.8 Å². The smallest absolute Gasteiger partial charge is 0.0253 e. The van der Waals surface area contributed by atoms with Gasteiger partial charge in [-0.3, -0.25) is 0 Å². The molecule has 0 heterocycles. The van der Waals surface area contributed by atoms with Crippen LogP contribution >= 0.6 is 0 Å². The number of nitrogens with one attached hydrogen (secondary N) is 1. The van der Waals surface area contributed by atoms with Gasteiger partial charge in [0.1, 0.15) is 0 Å². The lowest BCUT2D eigenvalue weighted by Gasteiger charge is -2.18. The third-order valence-corrected chi connectivity index (χ3v) is 3.69. The lowest BCUT2D eigenvalue weighted by atomic mass is 10.0. The van der Waals surface area contributed by atoms with Gasteiger partial charge in [0.2, 0.25) is 0 Å². The Hall–Kier alpha value is -1.60. The van der Waals surface area contributed by atoms with Gasteiger partial charge in [0.25, 0.3) is 0 Å². The first-order valence-electron chi connectivity index (χ1n) is 6.80. The van der Waals surface area contributed by atoms with Gasteiger partial charge in [-0.15, -0.1) is 0 Å². The highest BCUT2D eigenvalue weighted by Crippen LogP contribution is 2.19. The number of fused-ring (bicyclic) bond motifs is 1. The molecule has 18 heavy (non-hydrogen) atoms. The molecule has 2 aromatic carbocycles. The Morgan fingerprint density at radius 1 is 1.06 bits per heavy atom. The average Bonchev–Trinajstić information content (AvgIpc) is 2.46. The number of hydrogen-bond acceptors (Lipinski definition) is 1. The summed E-state index contributed by atoms with van der Waals surface area (Å²) in [5.41, 5.74) is 1.40. The molecule has 1 aliphatic rings. The molecule has 3 rings (SSSR count). The highest BCUT2D eigenvalue weighted by molar-refractivity contribution is 5.85. The van der Waals surface area contributed by atoms with Gasteiger partial charge in [0.05, 0.1) is 0 Å². The maximum Gasteiger partial charge on any atom is 0.0253 e. The van der Waals surface area contributed by atoms with Crippen LogP contribution in [0.15, 0.2) is 54.6 Å². The molecular formula is C17H19N. The second-order valence-electron chi connectivity index (χ2n) is 4.98. The van der Waals surface area contributed by atoms with Crippen molar-refractivity contribution in [1.82, 2.24) is 5.32 Å². The zero-order valence-electron chi connectivity index (χ0n) is 10.6. The predicted molar refractivity (Wildman–Crippen MR) is 77.6 cm³/mol. The summed E-state index contributed by atoms with van der Waals surface area (Å²) >= 11 is 0. The molecule has 92 valence electrons. The molecule has 0 radical (unpaired) electrons. The Kier molecular flexibility index (Phi) is 3.42. The second kappa shape index (κ2) is 5.36. The molecule has 0 saturated carbocycles. The van der Waals surface area contributed by atoms with Crippen molar-refractivity contribution in [2.45, 2.75) is 31.8 Å². The molecule has 0 spiro atoms. The molecule has 1 nitrogen and oxygen atoms in total. The molecule has 1 atom stereocenters. The molecule has 1 aliphatic carbocycles. The quantitative estimate of drug-likeness (QED) is 0.794. The fourth-order valence-corrected chi connectivity index (χ4v) is 2.67. The van der Waals surface area contributed by atoms with Crippen LogP contribution in [-0.4, -0.2) is 6.04 Å². The summed E-state index contributed by atoms with van der Waals surface area (Å²) in [4.78, 5) is 0. The Morgan fingerprint density at radius 2 is 1.94 bits per heavy atom. The first-order valence-corrected chi connectivity index (χ1v) is 6.80. The fraction of sp³-hybridized carbons (Fsp3) is 0.294. The van der Waals surface area contributed by atoms with Crippen LogP contribution in [0.3, 0.4) is 0 Å². The summed E-state index contributed by atoms with van der Waals surface area (Å²) < 4.78 is 0. The number of allylic oxidation sites excluding steroid dienone is 1. The van der Waals surface area contributed by atoms with Gasteiger partial charge in [-0.1, -0.05) is 54.6 Å². The van der Waals surface area contributed by atoms with E-state index in [0.29, 0.717) is 6.04 Å². The number of benzene rings is 2. The van der Waals surface area contributed by atoms with E-state index in [2.05, 4.69) is 59.9 Å². The Bertz CT molecular complexity index is 551. The van der Waals surface area contributed by atoms with E-state index in [-0.39, 0.29) is 0 Å². The fourth-order valence-electron chi connectivity index (χ4n) is 2.67. The van der Waals surface area contributed by atoms with E-state index in [4.69, 9.17) is 0 Å². The minimum Gasteiger partial charge on any atom is -0.306 e. The first-order chi connectivity index (χ1) is 8.93. The van der Waals surface area contributed by atoms with E-state index < -0.39 is 0 Å². The third-order valence-electron chi connectivity index (χ3n) is 3.69. The molecular weight excluding hydrogens is 218 g/mol. The van der Waals surface area contributed by atoms with Gasteiger partial charge in [0.15, 0.2) is 0 Å². The van der Waals surface area contributed by atoms with Crippen LogP contribution in [0.25, 0.3) is 10.8 Å². The van der Waals surface area contributed by atoms with Gasteiger partial charge in [-0.2, -0.15) is 0 Å². The van der Waals surface area contributed by atoms with E-state index in [1.807, 2.05) is 0 Å². The van der Waals surface area contributed by atoms with Crippen LogP contribution in [0.1, 0.15) is 24.8 Å². The van der Waals surface area contributed by atoms with E-state index in [1.165, 1.54) is 35.6 Å². The second-order valence-corrected chi connectivity index (χ2v) is 4.98.